The number of nitrogens with one attached hydrogen (secondary N) is 1. The van der Waals surface area contributed by atoms with Crippen molar-refractivity contribution < 1.29 is 27.5 Å². The molecule has 0 aliphatic carbocycles. The maximum absolute atomic E-state index is 13.4. The summed E-state index contributed by atoms with van der Waals surface area (Å²) in [5.41, 5.74) is -0.0472. The molecule has 2 N–H and O–H groups in total. The van der Waals surface area contributed by atoms with Gasteiger partial charge >= 0.3 is 5.97 Å². The van der Waals surface area contributed by atoms with Crippen molar-refractivity contribution in [2.24, 2.45) is 5.92 Å². The van der Waals surface area contributed by atoms with Gasteiger partial charge in [0.2, 0.25) is 5.91 Å². The SMILES string of the molecule is CC(C)CS(=O)(=O)CC(=O)NC(C(=O)O)c1ccc(Cl)c(F)c1. The van der Waals surface area contributed by atoms with Crippen LogP contribution in [-0.4, -0.2) is 36.9 Å². The zero-order valence-electron chi connectivity index (χ0n) is 12.5. The highest BCUT2D eigenvalue weighted by molar-refractivity contribution is 7.92. The number of halogens is 2. The largest absolute Gasteiger partial charge is 0.479 e. The van der Waals surface area contributed by atoms with Gasteiger partial charge in [-0.25, -0.2) is 17.6 Å². The topological polar surface area (TPSA) is 101 Å². The molecule has 1 rings (SSSR count). The van der Waals surface area contributed by atoms with Gasteiger partial charge in [0.05, 0.1) is 10.8 Å². The Morgan fingerprint density at radius 2 is 1.96 bits per heavy atom. The van der Waals surface area contributed by atoms with Gasteiger partial charge in [-0.3, -0.25) is 4.79 Å². The second kappa shape index (κ2) is 7.74. The Balaban J connectivity index is 2.90. The summed E-state index contributed by atoms with van der Waals surface area (Å²) < 4.78 is 36.9. The van der Waals surface area contributed by atoms with E-state index < -0.39 is 39.3 Å². The van der Waals surface area contributed by atoms with Gasteiger partial charge in [0.25, 0.3) is 0 Å². The monoisotopic (exact) mass is 365 g/mol. The first-order chi connectivity index (χ1) is 10.5. The van der Waals surface area contributed by atoms with Gasteiger partial charge in [-0.1, -0.05) is 31.5 Å². The highest BCUT2D eigenvalue weighted by Gasteiger charge is 2.26. The Hall–Kier alpha value is -1.67. The molecule has 128 valence electrons. The van der Waals surface area contributed by atoms with E-state index in [1.165, 1.54) is 6.07 Å². The number of benzene rings is 1. The molecule has 1 atom stereocenters. The Labute approximate surface area is 138 Å². The van der Waals surface area contributed by atoms with Crippen LogP contribution in [0.4, 0.5) is 4.39 Å². The predicted octanol–water partition coefficient (Wildman–Crippen LogP) is 1.79. The fraction of sp³-hybridized carbons (Fsp3) is 0.429. The molecule has 1 unspecified atom stereocenters. The first kappa shape index (κ1) is 19.4. The number of rotatable bonds is 7. The van der Waals surface area contributed by atoms with E-state index in [1.807, 2.05) is 0 Å². The molecule has 0 radical (unpaired) electrons. The van der Waals surface area contributed by atoms with Gasteiger partial charge in [0, 0.05) is 0 Å². The molecule has 9 heteroatoms. The minimum absolute atomic E-state index is 0.0472. The number of carboxylic acids is 1. The van der Waals surface area contributed by atoms with Gasteiger partial charge in [0.1, 0.15) is 11.6 Å². The molecule has 6 nitrogen and oxygen atoms in total. The zero-order valence-corrected chi connectivity index (χ0v) is 14.1. The van der Waals surface area contributed by atoms with E-state index in [2.05, 4.69) is 5.32 Å². The van der Waals surface area contributed by atoms with Crippen LogP contribution in [0.3, 0.4) is 0 Å². The molecule has 0 fully saturated rings. The van der Waals surface area contributed by atoms with Crippen molar-refractivity contribution in [3.05, 3.63) is 34.6 Å². The van der Waals surface area contributed by atoms with Crippen molar-refractivity contribution in [3.63, 3.8) is 0 Å². The summed E-state index contributed by atoms with van der Waals surface area (Å²) >= 11 is 5.52. The van der Waals surface area contributed by atoms with Crippen LogP contribution < -0.4 is 5.32 Å². The van der Waals surface area contributed by atoms with Crippen molar-refractivity contribution >= 4 is 33.3 Å². The van der Waals surface area contributed by atoms with E-state index in [4.69, 9.17) is 16.7 Å². The fourth-order valence-electron chi connectivity index (χ4n) is 1.95. The Kier molecular flexibility index (Phi) is 6.52. The van der Waals surface area contributed by atoms with E-state index in [9.17, 15) is 22.4 Å². The highest BCUT2D eigenvalue weighted by Crippen LogP contribution is 2.20. The number of aliphatic carboxylic acids is 1. The molecule has 0 bridgehead atoms. The molecule has 0 aliphatic rings. The number of hydrogen-bond donors (Lipinski definition) is 2. The summed E-state index contributed by atoms with van der Waals surface area (Å²) in [6, 6.07) is 1.71. The molecule has 1 amide bonds. The number of carbonyl (C=O) groups excluding carboxylic acids is 1. The predicted molar refractivity (Wildman–Crippen MR) is 83.4 cm³/mol. The third kappa shape index (κ3) is 6.15. The molecule has 0 spiro atoms. The van der Waals surface area contributed by atoms with Crippen LogP contribution in [0, 0.1) is 11.7 Å². The van der Waals surface area contributed by atoms with Crippen LogP contribution in [0.2, 0.25) is 5.02 Å². The van der Waals surface area contributed by atoms with Crippen LogP contribution in [0.25, 0.3) is 0 Å². The summed E-state index contributed by atoms with van der Waals surface area (Å²) in [7, 11) is -3.65. The first-order valence-corrected chi connectivity index (χ1v) is 8.89. The van der Waals surface area contributed by atoms with Crippen LogP contribution >= 0.6 is 11.6 Å². The smallest absolute Gasteiger partial charge is 0.330 e. The van der Waals surface area contributed by atoms with Crippen molar-refractivity contribution in [2.45, 2.75) is 19.9 Å². The fourth-order valence-corrected chi connectivity index (χ4v) is 3.68. The Morgan fingerprint density at radius 1 is 1.35 bits per heavy atom. The van der Waals surface area contributed by atoms with Crippen LogP contribution in [0.15, 0.2) is 18.2 Å². The number of amides is 1. The summed E-state index contributed by atoms with van der Waals surface area (Å²) in [4.78, 5) is 23.1. The lowest BCUT2D eigenvalue weighted by molar-refractivity contribution is -0.141. The number of carboxylic acid groups (broad SMARTS) is 1. The van der Waals surface area contributed by atoms with Crippen LogP contribution in [-0.2, 0) is 19.4 Å². The minimum atomic E-state index is -3.65. The summed E-state index contributed by atoms with van der Waals surface area (Å²) in [6.45, 7) is 3.37. The van der Waals surface area contributed by atoms with Crippen LogP contribution in [0.5, 0.6) is 0 Å². The lowest BCUT2D eigenvalue weighted by Gasteiger charge is -2.15. The Bertz CT molecular complexity index is 705. The normalized spacial score (nSPS) is 12.9. The van der Waals surface area contributed by atoms with E-state index in [-0.39, 0.29) is 22.3 Å². The maximum Gasteiger partial charge on any atom is 0.330 e. The Morgan fingerprint density at radius 3 is 2.43 bits per heavy atom. The number of sulfone groups is 1. The van der Waals surface area contributed by atoms with Crippen LogP contribution in [0.1, 0.15) is 25.5 Å². The number of hydrogen-bond acceptors (Lipinski definition) is 4. The molecule has 1 aromatic carbocycles. The average Bonchev–Trinajstić information content (AvgIpc) is 2.36. The van der Waals surface area contributed by atoms with Crippen molar-refractivity contribution in [2.75, 3.05) is 11.5 Å². The molecule has 0 heterocycles. The van der Waals surface area contributed by atoms with E-state index in [0.29, 0.717) is 0 Å². The third-order valence-electron chi connectivity index (χ3n) is 2.77. The number of carbonyl (C=O) groups is 2. The average molecular weight is 366 g/mol. The summed E-state index contributed by atoms with van der Waals surface area (Å²) in [6.07, 6.45) is 0. The zero-order chi connectivity index (χ0) is 17.8. The highest BCUT2D eigenvalue weighted by atomic mass is 35.5. The van der Waals surface area contributed by atoms with Gasteiger partial charge in [-0.15, -0.1) is 0 Å². The summed E-state index contributed by atoms with van der Waals surface area (Å²) in [5, 5.41) is 11.1. The van der Waals surface area contributed by atoms with Gasteiger partial charge in [-0.2, -0.15) is 0 Å². The standard InChI is InChI=1S/C14H17ClFNO5S/c1-8(2)6-23(21,22)7-12(18)17-13(14(19)20)9-3-4-10(15)11(16)5-9/h3-5,8,13H,6-7H2,1-2H3,(H,17,18)(H,19,20). The molecule has 1 aromatic rings. The van der Waals surface area contributed by atoms with E-state index in [0.717, 1.165) is 12.1 Å². The summed E-state index contributed by atoms with van der Waals surface area (Å²) in [5.74, 6) is -4.42. The van der Waals surface area contributed by atoms with Gasteiger partial charge in [0.15, 0.2) is 15.9 Å². The minimum Gasteiger partial charge on any atom is -0.479 e. The van der Waals surface area contributed by atoms with Crippen molar-refractivity contribution in [3.8, 4) is 0 Å². The molecule has 0 saturated carbocycles. The van der Waals surface area contributed by atoms with E-state index in [1.54, 1.807) is 13.8 Å². The lowest BCUT2D eigenvalue weighted by Crippen LogP contribution is -2.38. The van der Waals surface area contributed by atoms with Gasteiger partial charge < -0.3 is 10.4 Å². The molecular formula is C14H17ClFNO5S. The maximum atomic E-state index is 13.4. The molecule has 0 aromatic heterocycles. The quantitative estimate of drug-likeness (QED) is 0.767. The molecular weight excluding hydrogens is 349 g/mol. The van der Waals surface area contributed by atoms with Crippen molar-refractivity contribution in [1.82, 2.24) is 5.32 Å². The van der Waals surface area contributed by atoms with E-state index >= 15 is 0 Å². The second-order valence-electron chi connectivity index (χ2n) is 5.46. The molecule has 23 heavy (non-hydrogen) atoms. The van der Waals surface area contributed by atoms with Gasteiger partial charge in [-0.05, 0) is 23.6 Å². The molecule has 0 saturated heterocycles. The van der Waals surface area contributed by atoms with Crippen molar-refractivity contribution in [1.29, 1.82) is 0 Å². The second-order valence-corrected chi connectivity index (χ2v) is 7.98. The first-order valence-electron chi connectivity index (χ1n) is 6.69. The molecule has 0 aliphatic heterocycles. The lowest BCUT2D eigenvalue weighted by atomic mass is 10.1. The third-order valence-corrected chi connectivity index (χ3v) is 4.95.